The van der Waals surface area contributed by atoms with E-state index in [-0.39, 0.29) is 24.8 Å². The summed E-state index contributed by atoms with van der Waals surface area (Å²) in [6.45, 7) is 3.32. The van der Waals surface area contributed by atoms with E-state index in [9.17, 15) is 14.6 Å². The molecular formula is C16H15FO3. The molecule has 0 spiro atoms. The summed E-state index contributed by atoms with van der Waals surface area (Å²) in [7, 11) is 0. The van der Waals surface area contributed by atoms with Crippen molar-refractivity contribution in [3.8, 4) is 5.75 Å². The van der Waals surface area contributed by atoms with Gasteiger partial charge in [-0.3, -0.25) is 0 Å². The molecule has 0 unspecified atom stereocenters. The van der Waals surface area contributed by atoms with E-state index in [1.807, 2.05) is 0 Å². The number of halogens is 1. The van der Waals surface area contributed by atoms with E-state index in [0.29, 0.717) is 22.4 Å². The Hall–Kier alpha value is -2.33. The van der Waals surface area contributed by atoms with Crippen LogP contribution < -0.4 is 4.74 Å². The first kappa shape index (κ1) is 14.1. The lowest BCUT2D eigenvalue weighted by Gasteiger charge is -2.10. The van der Waals surface area contributed by atoms with Gasteiger partial charge in [-0.1, -0.05) is 24.8 Å². The lowest BCUT2D eigenvalue weighted by molar-refractivity contribution is 0.277. The maximum atomic E-state index is 13.5. The van der Waals surface area contributed by atoms with Gasteiger partial charge in [0.2, 0.25) is 0 Å². The fourth-order valence-corrected chi connectivity index (χ4v) is 1.78. The van der Waals surface area contributed by atoms with Crippen molar-refractivity contribution < 1.29 is 19.3 Å². The molecule has 0 bridgehead atoms. The highest BCUT2D eigenvalue weighted by Crippen LogP contribution is 2.22. The Balaban J connectivity index is 2.19. The van der Waals surface area contributed by atoms with Crippen molar-refractivity contribution in [1.29, 1.82) is 0 Å². The van der Waals surface area contributed by atoms with Crippen molar-refractivity contribution in [1.82, 2.24) is 0 Å². The standard InChI is InChI=1S/C16H15FO3/c1-11(19)14-6-12(9-18)7-15(8-14)20-10-13-4-2-3-5-16(13)17/h2-8,18-19H,1,9-10H2. The molecule has 0 saturated heterocycles. The van der Waals surface area contributed by atoms with E-state index in [1.54, 1.807) is 36.4 Å². The quantitative estimate of drug-likeness (QED) is 0.821. The molecule has 0 atom stereocenters. The van der Waals surface area contributed by atoms with Crippen molar-refractivity contribution in [3.05, 3.63) is 71.6 Å². The second kappa shape index (κ2) is 6.21. The largest absolute Gasteiger partial charge is 0.508 e. The summed E-state index contributed by atoms with van der Waals surface area (Å²) in [4.78, 5) is 0. The fraction of sp³-hybridized carbons (Fsp3) is 0.125. The topological polar surface area (TPSA) is 49.7 Å². The fourth-order valence-electron chi connectivity index (χ4n) is 1.78. The van der Waals surface area contributed by atoms with Crippen LogP contribution in [0.15, 0.2) is 49.0 Å². The molecule has 2 N–H and O–H groups in total. The van der Waals surface area contributed by atoms with Crippen molar-refractivity contribution in [3.63, 3.8) is 0 Å². The Kier molecular flexibility index (Phi) is 4.38. The van der Waals surface area contributed by atoms with Gasteiger partial charge in [-0.05, 0) is 29.8 Å². The van der Waals surface area contributed by atoms with Crippen LogP contribution in [-0.4, -0.2) is 10.2 Å². The Labute approximate surface area is 116 Å². The van der Waals surface area contributed by atoms with Crippen LogP contribution in [0, 0.1) is 5.82 Å². The first-order valence-corrected chi connectivity index (χ1v) is 6.09. The van der Waals surface area contributed by atoms with Crippen LogP contribution in [-0.2, 0) is 13.2 Å². The van der Waals surface area contributed by atoms with Gasteiger partial charge in [0.25, 0.3) is 0 Å². The molecule has 0 aliphatic carbocycles. The molecule has 3 nitrogen and oxygen atoms in total. The van der Waals surface area contributed by atoms with Gasteiger partial charge in [0.05, 0.1) is 6.61 Å². The summed E-state index contributed by atoms with van der Waals surface area (Å²) < 4.78 is 19.0. The maximum Gasteiger partial charge on any atom is 0.129 e. The van der Waals surface area contributed by atoms with Crippen LogP contribution in [0.4, 0.5) is 4.39 Å². The number of aliphatic hydroxyl groups is 2. The Morgan fingerprint density at radius 1 is 1.20 bits per heavy atom. The van der Waals surface area contributed by atoms with Crippen LogP contribution >= 0.6 is 0 Å². The molecule has 20 heavy (non-hydrogen) atoms. The zero-order valence-electron chi connectivity index (χ0n) is 10.8. The van der Waals surface area contributed by atoms with E-state index >= 15 is 0 Å². The average molecular weight is 274 g/mol. The molecule has 0 fully saturated rings. The van der Waals surface area contributed by atoms with Gasteiger partial charge < -0.3 is 14.9 Å². The van der Waals surface area contributed by atoms with Gasteiger partial charge in [-0.15, -0.1) is 0 Å². The maximum absolute atomic E-state index is 13.5. The van der Waals surface area contributed by atoms with Crippen molar-refractivity contribution in [2.45, 2.75) is 13.2 Å². The highest BCUT2D eigenvalue weighted by molar-refractivity contribution is 5.59. The molecule has 0 radical (unpaired) electrons. The monoisotopic (exact) mass is 274 g/mol. The first-order chi connectivity index (χ1) is 9.60. The molecule has 0 heterocycles. The third-order valence-corrected chi connectivity index (χ3v) is 2.83. The smallest absolute Gasteiger partial charge is 0.129 e. The van der Waals surface area contributed by atoms with Crippen LogP contribution in [0.1, 0.15) is 16.7 Å². The molecule has 0 saturated carbocycles. The van der Waals surface area contributed by atoms with E-state index in [2.05, 4.69) is 6.58 Å². The molecule has 0 aromatic heterocycles. The van der Waals surface area contributed by atoms with E-state index in [4.69, 9.17) is 4.74 Å². The first-order valence-electron chi connectivity index (χ1n) is 6.09. The minimum absolute atomic E-state index is 0.0684. The average Bonchev–Trinajstić information content (AvgIpc) is 2.46. The number of benzene rings is 2. The summed E-state index contributed by atoms with van der Waals surface area (Å²) in [6, 6.07) is 11.2. The number of aliphatic hydroxyl groups excluding tert-OH is 2. The zero-order valence-corrected chi connectivity index (χ0v) is 10.8. The van der Waals surface area contributed by atoms with Crippen LogP contribution in [0.5, 0.6) is 5.75 Å². The van der Waals surface area contributed by atoms with E-state index in [1.165, 1.54) is 6.07 Å². The number of hydrogen-bond acceptors (Lipinski definition) is 3. The molecule has 2 aromatic rings. The second-order valence-corrected chi connectivity index (χ2v) is 4.35. The number of rotatable bonds is 5. The minimum Gasteiger partial charge on any atom is -0.508 e. The highest BCUT2D eigenvalue weighted by Gasteiger charge is 2.06. The third-order valence-electron chi connectivity index (χ3n) is 2.83. The normalized spacial score (nSPS) is 10.3. The predicted octanol–water partition coefficient (Wildman–Crippen LogP) is 3.43. The lowest BCUT2D eigenvalue weighted by Crippen LogP contribution is -1.99. The van der Waals surface area contributed by atoms with Crippen molar-refractivity contribution in [2.24, 2.45) is 0 Å². The predicted molar refractivity (Wildman–Crippen MR) is 74.8 cm³/mol. The van der Waals surface area contributed by atoms with Gasteiger partial charge in [-0.2, -0.15) is 0 Å². The summed E-state index contributed by atoms with van der Waals surface area (Å²) in [5.41, 5.74) is 1.48. The number of hydrogen-bond donors (Lipinski definition) is 2. The molecule has 0 aliphatic rings. The molecule has 2 rings (SSSR count). The van der Waals surface area contributed by atoms with Crippen molar-refractivity contribution in [2.75, 3.05) is 0 Å². The van der Waals surface area contributed by atoms with E-state index in [0.717, 1.165) is 0 Å². The Morgan fingerprint density at radius 2 is 1.95 bits per heavy atom. The summed E-state index contributed by atoms with van der Waals surface area (Å²) in [6.07, 6.45) is 0. The third kappa shape index (κ3) is 3.36. The van der Waals surface area contributed by atoms with Gasteiger partial charge in [0, 0.05) is 11.1 Å². The summed E-state index contributed by atoms with van der Waals surface area (Å²) in [5.74, 6) is -0.0151. The van der Waals surface area contributed by atoms with Crippen LogP contribution in [0.3, 0.4) is 0 Å². The lowest BCUT2D eigenvalue weighted by atomic mass is 10.1. The summed E-state index contributed by atoms with van der Waals surface area (Å²) >= 11 is 0. The molecular weight excluding hydrogens is 259 g/mol. The van der Waals surface area contributed by atoms with Crippen LogP contribution in [0.25, 0.3) is 5.76 Å². The van der Waals surface area contributed by atoms with E-state index < -0.39 is 0 Å². The molecule has 0 amide bonds. The second-order valence-electron chi connectivity index (χ2n) is 4.35. The minimum atomic E-state index is -0.336. The SMILES string of the molecule is C=C(O)c1cc(CO)cc(OCc2ccccc2F)c1. The zero-order chi connectivity index (χ0) is 14.5. The number of ether oxygens (including phenoxy) is 1. The molecule has 4 heteroatoms. The van der Waals surface area contributed by atoms with Crippen LogP contribution in [0.2, 0.25) is 0 Å². The van der Waals surface area contributed by atoms with Gasteiger partial charge in [0.1, 0.15) is 23.9 Å². The highest BCUT2D eigenvalue weighted by atomic mass is 19.1. The Bertz CT molecular complexity index is 623. The van der Waals surface area contributed by atoms with Gasteiger partial charge >= 0.3 is 0 Å². The molecule has 104 valence electrons. The van der Waals surface area contributed by atoms with Crippen molar-refractivity contribution >= 4 is 5.76 Å². The molecule has 2 aromatic carbocycles. The van der Waals surface area contributed by atoms with Gasteiger partial charge in [-0.25, -0.2) is 4.39 Å². The van der Waals surface area contributed by atoms with Gasteiger partial charge in [0.15, 0.2) is 0 Å². The summed E-state index contributed by atoms with van der Waals surface area (Å²) in [5, 5.41) is 18.6. The Morgan fingerprint density at radius 3 is 2.60 bits per heavy atom. The molecule has 0 aliphatic heterocycles.